The Morgan fingerprint density at radius 2 is 1.88 bits per heavy atom. The van der Waals surface area contributed by atoms with Crippen LogP contribution in [-0.4, -0.2) is 32.4 Å². The van der Waals surface area contributed by atoms with Crippen LogP contribution in [0.2, 0.25) is 0 Å². The van der Waals surface area contributed by atoms with E-state index in [-0.39, 0.29) is 5.92 Å². The van der Waals surface area contributed by atoms with Crippen molar-refractivity contribution in [2.24, 2.45) is 0 Å². The Kier molecular flexibility index (Phi) is 4.52. The lowest BCUT2D eigenvalue weighted by Gasteiger charge is -2.24. The van der Waals surface area contributed by atoms with E-state index in [9.17, 15) is 8.42 Å². The third-order valence-electron chi connectivity index (χ3n) is 5.20. The molecule has 0 radical (unpaired) electrons. The number of rotatable bonds is 3. The quantitative estimate of drug-likeness (QED) is 0.843. The molecular weight excluding hydrogens is 334 g/mol. The van der Waals surface area contributed by atoms with Gasteiger partial charge in [0.2, 0.25) is 10.0 Å². The maximum Gasteiger partial charge on any atom is 0.243 e. The minimum absolute atomic E-state index is 0.260. The second kappa shape index (κ2) is 6.81. The Morgan fingerprint density at radius 3 is 2.72 bits per heavy atom. The highest BCUT2D eigenvalue weighted by atomic mass is 32.2. The van der Waals surface area contributed by atoms with E-state index in [1.807, 2.05) is 18.2 Å². The summed E-state index contributed by atoms with van der Waals surface area (Å²) < 4.78 is 33.6. The predicted molar refractivity (Wildman–Crippen MR) is 97.4 cm³/mol. The highest BCUT2D eigenvalue weighted by molar-refractivity contribution is 7.89. The van der Waals surface area contributed by atoms with Crippen molar-refractivity contribution in [2.45, 2.75) is 36.5 Å². The number of nitrogens with zero attached hydrogens (tertiary/aromatic N) is 1. The molecule has 0 bridgehead atoms. The Balaban J connectivity index is 1.62. The number of fused-ring (bicyclic) bond motifs is 1. The summed E-state index contributed by atoms with van der Waals surface area (Å²) in [6.45, 7) is 1.79. The van der Waals surface area contributed by atoms with E-state index in [0.717, 1.165) is 37.0 Å². The standard InChI is InChI=1S/C20H23NO3S/c22-25(23,19-9-10-20-17(14-19)11-13-24-20)21-12-5-4-8-18(15-21)16-6-2-1-3-7-16/h1-3,6-7,9-10,14,18H,4-5,8,11-13,15H2. The molecule has 0 spiro atoms. The molecule has 5 heteroatoms. The number of hydrogen-bond acceptors (Lipinski definition) is 3. The van der Waals surface area contributed by atoms with E-state index in [1.54, 1.807) is 22.5 Å². The van der Waals surface area contributed by atoms with Gasteiger partial charge in [-0.2, -0.15) is 4.31 Å². The third kappa shape index (κ3) is 3.31. The summed E-state index contributed by atoms with van der Waals surface area (Å²) in [6, 6.07) is 15.5. The molecule has 0 aromatic heterocycles. The van der Waals surface area contributed by atoms with Crippen LogP contribution < -0.4 is 4.74 Å². The molecule has 1 saturated heterocycles. The summed E-state index contributed by atoms with van der Waals surface area (Å²) in [7, 11) is -3.47. The van der Waals surface area contributed by atoms with Crippen LogP contribution in [0.25, 0.3) is 0 Å². The number of ether oxygens (including phenoxy) is 1. The number of sulfonamides is 1. The first-order chi connectivity index (χ1) is 12.1. The van der Waals surface area contributed by atoms with E-state index in [1.165, 1.54) is 5.56 Å². The van der Waals surface area contributed by atoms with E-state index in [4.69, 9.17) is 4.74 Å². The van der Waals surface area contributed by atoms with Crippen LogP contribution >= 0.6 is 0 Å². The van der Waals surface area contributed by atoms with Crippen LogP contribution in [0, 0.1) is 0 Å². The van der Waals surface area contributed by atoms with Crippen molar-refractivity contribution in [2.75, 3.05) is 19.7 Å². The fraction of sp³-hybridized carbons (Fsp3) is 0.400. The maximum atomic E-state index is 13.2. The lowest BCUT2D eigenvalue weighted by Crippen LogP contribution is -2.34. The fourth-order valence-corrected chi connectivity index (χ4v) is 5.37. The smallest absolute Gasteiger partial charge is 0.243 e. The first-order valence-electron chi connectivity index (χ1n) is 8.95. The Bertz CT molecular complexity index is 848. The summed E-state index contributed by atoms with van der Waals surface area (Å²) >= 11 is 0. The molecule has 1 atom stereocenters. The molecule has 0 aliphatic carbocycles. The minimum atomic E-state index is -3.47. The second-order valence-electron chi connectivity index (χ2n) is 6.83. The molecule has 2 aromatic rings. The van der Waals surface area contributed by atoms with Gasteiger partial charge >= 0.3 is 0 Å². The van der Waals surface area contributed by atoms with E-state index < -0.39 is 10.0 Å². The zero-order valence-corrected chi connectivity index (χ0v) is 15.0. The maximum absolute atomic E-state index is 13.2. The second-order valence-corrected chi connectivity index (χ2v) is 8.77. The SMILES string of the molecule is O=S(=O)(c1ccc2c(c1)CCO2)N1CCCCC(c2ccccc2)C1. The van der Waals surface area contributed by atoms with E-state index >= 15 is 0 Å². The van der Waals surface area contributed by atoms with Gasteiger partial charge in [-0.3, -0.25) is 0 Å². The predicted octanol–water partition coefficient (Wildman–Crippen LogP) is 3.58. The zero-order chi connectivity index (χ0) is 17.3. The fourth-order valence-electron chi connectivity index (χ4n) is 3.80. The third-order valence-corrected chi connectivity index (χ3v) is 7.06. The molecule has 0 saturated carbocycles. The molecule has 2 aliphatic rings. The summed E-state index contributed by atoms with van der Waals surface area (Å²) in [5.74, 6) is 1.08. The van der Waals surface area contributed by atoms with Gasteiger partial charge < -0.3 is 4.74 Å². The van der Waals surface area contributed by atoms with Crippen molar-refractivity contribution in [3.63, 3.8) is 0 Å². The first kappa shape index (κ1) is 16.6. The molecule has 1 unspecified atom stereocenters. The van der Waals surface area contributed by atoms with E-state index in [0.29, 0.717) is 24.6 Å². The van der Waals surface area contributed by atoms with E-state index in [2.05, 4.69) is 12.1 Å². The van der Waals surface area contributed by atoms with Crippen molar-refractivity contribution in [1.82, 2.24) is 4.31 Å². The molecule has 4 rings (SSSR count). The molecule has 25 heavy (non-hydrogen) atoms. The minimum Gasteiger partial charge on any atom is -0.493 e. The molecule has 4 nitrogen and oxygen atoms in total. The van der Waals surface area contributed by atoms with Crippen LogP contribution in [-0.2, 0) is 16.4 Å². The van der Waals surface area contributed by atoms with Crippen LogP contribution in [0.3, 0.4) is 0 Å². The lowest BCUT2D eigenvalue weighted by atomic mass is 9.95. The Hall–Kier alpha value is -1.85. The first-order valence-corrected chi connectivity index (χ1v) is 10.4. The van der Waals surface area contributed by atoms with Crippen molar-refractivity contribution in [3.8, 4) is 5.75 Å². The monoisotopic (exact) mass is 357 g/mol. The van der Waals surface area contributed by atoms with Crippen LogP contribution in [0.1, 0.15) is 36.3 Å². The van der Waals surface area contributed by atoms with Crippen molar-refractivity contribution < 1.29 is 13.2 Å². The topological polar surface area (TPSA) is 46.6 Å². The summed E-state index contributed by atoms with van der Waals surface area (Å²) in [4.78, 5) is 0.394. The molecule has 2 aliphatic heterocycles. The lowest BCUT2D eigenvalue weighted by molar-refractivity contribution is 0.356. The Morgan fingerprint density at radius 1 is 1.04 bits per heavy atom. The van der Waals surface area contributed by atoms with Crippen LogP contribution in [0.15, 0.2) is 53.4 Å². The molecular formula is C20H23NO3S. The van der Waals surface area contributed by atoms with Gasteiger partial charge in [-0.15, -0.1) is 0 Å². The Labute approximate surface area is 149 Å². The van der Waals surface area contributed by atoms with Crippen molar-refractivity contribution in [3.05, 3.63) is 59.7 Å². The van der Waals surface area contributed by atoms with Crippen LogP contribution in [0.5, 0.6) is 5.75 Å². The molecule has 0 amide bonds. The zero-order valence-electron chi connectivity index (χ0n) is 14.2. The number of benzene rings is 2. The summed E-state index contributed by atoms with van der Waals surface area (Å²) in [5.41, 5.74) is 2.22. The van der Waals surface area contributed by atoms with Crippen molar-refractivity contribution >= 4 is 10.0 Å². The van der Waals surface area contributed by atoms with Crippen molar-refractivity contribution in [1.29, 1.82) is 0 Å². The highest BCUT2D eigenvalue weighted by Gasteiger charge is 2.30. The van der Waals surface area contributed by atoms with Gasteiger partial charge in [0.15, 0.2) is 0 Å². The summed E-state index contributed by atoms with van der Waals surface area (Å²) in [5, 5.41) is 0. The number of hydrogen-bond donors (Lipinski definition) is 0. The van der Waals surface area contributed by atoms with Gasteiger partial charge in [0.1, 0.15) is 5.75 Å². The van der Waals surface area contributed by atoms with Gasteiger partial charge in [-0.25, -0.2) is 8.42 Å². The van der Waals surface area contributed by atoms with Gasteiger partial charge in [-0.05, 0) is 48.1 Å². The molecule has 2 aromatic carbocycles. The molecule has 132 valence electrons. The summed E-state index contributed by atoms with van der Waals surface area (Å²) in [6.07, 6.45) is 3.79. The van der Waals surface area contributed by atoms with Gasteiger partial charge in [0, 0.05) is 19.5 Å². The largest absolute Gasteiger partial charge is 0.493 e. The van der Waals surface area contributed by atoms with Gasteiger partial charge in [-0.1, -0.05) is 36.8 Å². The average molecular weight is 357 g/mol. The normalized spacial score (nSPS) is 21.4. The van der Waals surface area contributed by atoms with Gasteiger partial charge in [0.25, 0.3) is 0 Å². The molecule has 1 fully saturated rings. The van der Waals surface area contributed by atoms with Gasteiger partial charge in [0.05, 0.1) is 11.5 Å². The van der Waals surface area contributed by atoms with Crippen LogP contribution in [0.4, 0.5) is 0 Å². The molecule has 0 N–H and O–H groups in total. The highest BCUT2D eigenvalue weighted by Crippen LogP contribution is 2.32. The molecule has 2 heterocycles. The average Bonchev–Trinajstić information content (AvgIpc) is 2.96.